The number of halogens is 2. The molecule has 0 saturated heterocycles. The van der Waals surface area contributed by atoms with E-state index in [-0.39, 0.29) is 10.6 Å². The molecule has 1 N–H and O–H groups in total. The summed E-state index contributed by atoms with van der Waals surface area (Å²) in [5, 5.41) is 10.6. The van der Waals surface area contributed by atoms with Crippen LogP contribution < -0.4 is 0 Å². The fraction of sp³-hybridized carbons (Fsp3) is 0.0833. The van der Waals surface area contributed by atoms with Gasteiger partial charge in [0.15, 0.2) is 9.84 Å². The second-order valence-corrected chi connectivity index (χ2v) is 7.74. The highest BCUT2D eigenvalue weighted by molar-refractivity contribution is 9.10. The summed E-state index contributed by atoms with van der Waals surface area (Å²) < 4.78 is 38.4. The van der Waals surface area contributed by atoms with Crippen molar-refractivity contribution >= 4 is 43.1 Å². The Labute approximate surface area is 126 Å². The van der Waals surface area contributed by atoms with Crippen molar-refractivity contribution in [2.75, 3.05) is 0 Å². The van der Waals surface area contributed by atoms with Crippen LogP contribution in [0, 0.1) is 5.82 Å². The highest BCUT2D eigenvalue weighted by Gasteiger charge is 2.21. The smallest absolute Gasteiger partial charge is 0.338 e. The third kappa shape index (κ3) is 3.08. The quantitative estimate of drug-likeness (QED) is 0.828. The van der Waals surface area contributed by atoms with E-state index >= 15 is 0 Å². The molecule has 2 aromatic rings. The predicted octanol–water partition coefficient (Wildman–Crippen LogP) is 3.32. The van der Waals surface area contributed by atoms with E-state index in [0.29, 0.717) is 9.35 Å². The Morgan fingerprint density at radius 3 is 2.60 bits per heavy atom. The average molecular weight is 379 g/mol. The van der Waals surface area contributed by atoms with Crippen molar-refractivity contribution in [3.63, 3.8) is 0 Å². The summed E-state index contributed by atoms with van der Waals surface area (Å²) in [7, 11) is -3.73. The third-order valence-corrected chi connectivity index (χ3v) is 6.29. The molecular formula is C12H8BrFO4S2. The van der Waals surface area contributed by atoms with Crippen molar-refractivity contribution in [2.24, 2.45) is 0 Å². The summed E-state index contributed by atoms with van der Waals surface area (Å²) in [5.41, 5.74) is -0.656. The van der Waals surface area contributed by atoms with Gasteiger partial charge in [0.2, 0.25) is 0 Å². The van der Waals surface area contributed by atoms with E-state index in [2.05, 4.69) is 15.9 Å². The molecule has 0 amide bonds. The number of hydrogen-bond donors (Lipinski definition) is 1. The van der Waals surface area contributed by atoms with E-state index < -0.39 is 27.2 Å². The Bertz CT molecular complexity index is 768. The van der Waals surface area contributed by atoms with Crippen LogP contribution in [-0.4, -0.2) is 19.5 Å². The fourth-order valence-electron chi connectivity index (χ4n) is 1.55. The van der Waals surface area contributed by atoms with Crippen LogP contribution in [0.4, 0.5) is 4.39 Å². The van der Waals surface area contributed by atoms with Gasteiger partial charge in [0.05, 0.1) is 16.2 Å². The fourth-order valence-corrected chi connectivity index (χ4v) is 4.99. The molecule has 1 aromatic carbocycles. The van der Waals surface area contributed by atoms with Crippen molar-refractivity contribution in [1.82, 2.24) is 0 Å². The van der Waals surface area contributed by atoms with Gasteiger partial charge < -0.3 is 5.11 Å². The van der Waals surface area contributed by atoms with Gasteiger partial charge in [-0.15, -0.1) is 11.3 Å². The van der Waals surface area contributed by atoms with Crippen molar-refractivity contribution in [2.45, 2.75) is 10.6 Å². The first-order valence-corrected chi connectivity index (χ1v) is 8.61. The Hall–Kier alpha value is -1.25. The Kier molecular flexibility index (Phi) is 4.26. The highest BCUT2D eigenvalue weighted by atomic mass is 79.9. The minimum absolute atomic E-state index is 0.211. The molecule has 0 radical (unpaired) electrons. The first kappa shape index (κ1) is 15.1. The molecule has 8 heteroatoms. The molecule has 0 spiro atoms. The number of sulfone groups is 1. The maximum Gasteiger partial charge on any atom is 0.338 e. The Morgan fingerprint density at radius 2 is 2.05 bits per heavy atom. The summed E-state index contributed by atoms with van der Waals surface area (Å²) in [6.45, 7) is 0. The second-order valence-electron chi connectivity index (χ2n) is 3.90. The van der Waals surface area contributed by atoms with Crippen LogP contribution in [0.2, 0.25) is 0 Å². The number of carbonyl (C=O) groups is 1. The third-order valence-electron chi connectivity index (χ3n) is 2.54. The molecule has 106 valence electrons. The predicted molar refractivity (Wildman–Crippen MR) is 76.3 cm³/mol. The zero-order valence-corrected chi connectivity index (χ0v) is 13.1. The molecule has 0 aliphatic rings. The van der Waals surface area contributed by atoms with Crippen LogP contribution in [0.25, 0.3) is 0 Å². The Morgan fingerprint density at radius 1 is 1.35 bits per heavy atom. The monoisotopic (exact) mass is 378 g/mol. The van der Waals surface area contributed by atoms with E-state index in [1.54, 1.807) is 11.4 Å². The van der Waals surface area contributed by atoms with E-state index in [1.807, 2.05) is 0 Å². The molecule has 4 nitrogen and oxygen atoms in total. The van der Waals surface area contributed by atoms with Crippen LogP contribution in [0.3, 0.4) is 0 Å². The van der Waals surface area contributed by atoms with Crippen molar-refractivity contribution in [3.8, 4) is 0 Å². The number of benzene rings is 1. The SMILES string of the molecule is O=C(O)c1cc(S(=O)(=O)Cc2sccc2Br)ccc1F. The first-order chi connectivity index (χ1) is 9.31. The zero-order chi connectivity index (χ0) is 14.9. The van der Waals surface area contributed by atoms with Crippen molar-refractivity contribution in [3.05, 3.63) is 50.4 Å². The lowest BCUT2D eigenvalue weighted by Crippen LogP contribution is -2.08. The van der Waals surface area contributed by atoms with E-state index in [1.165, 1.54) is 11.3 Å². The van der Waals surface area contributed by atoms with Crippen molar-refractivity contribution in [1.29, 1.82) is 0 Å². The lowest BCUT2D eigenvalue weighted by molar-refractivity contribution is 0.0691. The average Bonchev–Trinajstić information content (AvgIpc) is 2.74. The van der Waals surface area contributed by atoms with Gasteiger partial charge in [0.25, 0.3) is 0 Å². The van der Waals surface area contributed by atoms with Gasteiger partial charge >= 0.3 is 5.97 Å². The Balaban J connectivity index is 2.42. The summed E-state index contributed by atoms with van der Waals surface area (Å²) >= 11 is 4.50. The minimum Gasteiger partial charge on any atom is -0.478 e. The molecule has 2 rings (SSSR count). The van der Waals surface area contributed by atoms with E-state index in [9.17, 15) is 17.6 Å². The van der Waals surface area contributed by atoms with Crippen LogP contribution in [0.1, 0.15) is 15.2 Å². The standard InChI is InChI=1S/C12H8BrFO4S2/c13-9-3-4-19-11(9)6-20(17,18)7-1-2-10(14)8(5-7)12(15)16/h1-5H,6H2,(H,15,16). The lowest BCUT2D eigenvalue weighted by Gasteiger charge is -2.05. The molecule has 0 aliphatic carbocycles. The maximum absolute atomic E-state index is 13.3. The second kappa shape index (κ2) is 5.63. The highest BCUT2D eigenvalue weighted by Crippen LogP contribution is 2.27. The molecule has 1 aromatic heterocycles. The van der Waals surface area contributed by atoms with Crippen molar-refractivity contribution < 1.29 is 22.7 Å². The topological polar surface area (TPSA) is 71.4 Å². The first-order valence-electron chi connectivity index (χ1n) is 5.29. The van der Waals surface area contributed by atoms with E-state index in [4.69, 9.17) is 5.11 Å². The van der Waals surface area contributed by atoms with Crippen LogP contribution >= 0.6 is 27.3 Å². The summed E-state index contributed by atoms with van der Waals surface area (Å²) in [6, 6.07) is 4.48. The minimum atomic E-state index is -3.73. The van der Waals surface area contributed by atoms with Gasteiger partial charge in [-0.05, 0) is 45.6 Å². The molecule has 20 heavy (non-hydrogen) atoms. The van der Waals surface area contributed by atoms with Crippen LogP contribution in [0.15, 0.2) is 39.0 Å². The summed E-state index contributed by atoms with van der Waals surface area (Å²) in [4.78, 5) is 11.2. The maximum atomic E-state index is 13.3. The van der Waals surface area contributed by atoms with Gasteiger partial charge in [-0.2, -0.15) is 0 Å². The van der Waals surface area contributed by atoms with Gasteiger partial charge in [0.1, 0.15) is 5.82 Å². The molecule has 0 unspecified atom stereocenters. The molecule has 0 saturated carbocycles. The van der Waals surface area contributed by atoms with Gasteiger partial charge in [-0.25, -0.2) is 17.6 Å². The molecular weight excluding hydrogens is 371 g/mol. The summed E-state index contributed by atoms with van der Waals surface area (Å²) in [5.74, 6) is -2.73. The molecule has 0 aliphatic heterocycles. The van der Waals surface area contributed by atoms with E-state index in [0.717, 1.165) is 18.2 Å². The largest absolute Gasteiger partial charge is 0.478 e. The molecule has 1 heterocycles. The van der Waals surface area contributed by atoms with Crippen LogP contribution in [0.5, 0.6) is 0 Å². The molecule has 0 bridgehead atoms. The number of carboxylic acids is 1. The van der Waals surface area contributed by atoms with Gasteiger partial charge in [-0.1, -0.05) is 0 Å². The molecule has 0 atom stereocenters. The number of hydrogen-bond acceptors (Lipinski definition) is 4. The number of aromatic carboxylic acids is 1. The number of thiophene rings is 1. The van der Waals surface area contributed by atoms with Gasteiger partial charge in [0, 0.05) is 9.35 Å². The lowest BCUT2D eigenvalue weighted by atomic mass is 10.2. The normalized spacial score (nSPS) is 11.5. The molecule has 0 fully saturated rings. The van der Waals surface area contributed by atoms with Gasteiger partial charge in [-0.3, -0.25) is 0 Å². The van der Waals surface area contributed by atoms with Crippen LogP contribution in [-0.2, 0) is 15.6 Å². The number of carboxylic acid groups (broad SMARTS) is 1. The summed E-state index contributed by atoms with van der Waals surface area (Å²) in [6.07, 6.45) is 0. The number of rotatable bonds is 4. The zero-order valence-electron chi connectivity index (χ0n) is 9.84.